The molecule has 100 valence electrons. The van der Waals surface area contributed by atoms with Gasteiger partial charge in [0.15, 0.2) is 0 Å². The Labute approximate surface area is 120 Å². The topological polar surface area (TPSA) is 12.0 Å². The van der Waals surface area contributed by atoms with Crippen molar-refractivity contribution in [1.82, 2.24) is 5.32 Å². The van der Waals surface area contributed by atoms with Gasteiger partial charge in [-0.25, -0.2) is 0 Å². The van der Waals surface area contributed by atoms with E-state index < -0.39 is 0 Å². The minimum atomic E-state index is 0.221. The van der Waals surface area contributed by atoms with Gasteiger partial charge in [-0.15, -0.1) is 0 Å². The predicted molar refractivity (Wildman–Crippen MR) is 79.7 cm³/mol. The number of halogens is 2. The molecule has 0 atom stereocenters. The first kappa shape index (κ1) is 14.2. The summed E-state index contributed by atoms with van der Waals surface area (Å²) in [5.74, 6) is 0.843. The molecular formula is C15H21Cl2N. The lowest BCUT2D eigenvalue weighted by Gasteiger charge is -2.49. The Kier molecular flexibility index (Phi) is 4.58. The third-order valence-corrected chi connectivity index (χ3v) is 4.70. The van der Waals surface area contributed by atoms with Crippen LogP contribution in [-0.2, 0) is 5.41 Å². The molecule has 1 aliphatic carbocycles. The van der Waals surface area contributed by atoms with Crippen LogP contribution in [0, 0.1) is 5.92 Å². The van der Waals surface area contributed by atoms with Crippen LogP contribution in [0.25, 0.3) is 0 Å². The Morgan fingerprint density at radius 2 is 2.00 bits per heavy atom. The Hall–Kier alpha value is -0.240. The van der Waals surface area contributed by atoms with Gasteiger partial charge < -0.3 is 5.32 Å². The lowest BCUT2D eigenvalue weighted by atomic mass is 9.58. The number of benzene rings is 1. The van der Waals surface area contributed by atoms with Gasteiger partial charge >= 0.3 is 0 Å². The van der Waals surface area contributed by atoms with Gasteiger partial charge in [-0.3, -0.25) is 0 Å². The van der Waals surface area contributed by atoms with Crippen molar-refractivity contribution in [3.8, 4) is 0 Å². The summed E-state index contributed by atoms with van der Waals surface area (Å²) in [6.07, 6.45) is 3.73. The van der Waals surface area contributed by atoms with Gasteiger partial charge in [0.05, 0.1) is 0 Å². The van der Waals surface area contributed by atoms with E-state index in [0.717, 1.165) is 24.0 Å². The maximum Gasteiger partial charge on any atom is 0.0458 e. The summed E-state index contributed by atoms with van der Waals surface area (Å²) in [7, 11) is 0. The molecule has 1 saturated carbocycles. The fraction of sp³-hybridized carbons (Fsp3) is 0.600. The summed E-state index contributed by atoms with van der Waals surface area (Å²) in [4.78, 5) is 0. The van der Waals surface area contributed by atoms with Crippen LogP contribution in [0.1, 0.15) is 38.7 Å². The maximum absolute atomic E-state index is 6.38. The molecule has 3 heteroatoms. The van der Waals surface area contributed by atoms with Gasteiger partial charge in [0.2, 0.25) is 0 Å². The zero-order valence-electron chi connectivity index (χ0n) is 11.1. The molecule has 18 heavy (non-hydrogen) atoms. The number of hydrogen-bond donors (Lipinski definition) is 1. The third kappa shape index (κ3) is 2.68. The molecule has 1 N–H and O–H groups in total. The van der Waals surface area contributed by atoms with E-state index in [2.05, 4.69) is 25.2 Å². The normalized spacial score (nSPS) is 27.0. The number of hydrogen-bond acceptors (Lipinski definition) is 1. The molecule has 1 nitrogen and oxygen atoms in total. The van der Waals surface area contributed by atoms with E-state index in [0.29, 0.717) is 5.02 Å². The first-order chi connectivity index (χ1) is 8.61. The van der Waals surface area contributed by atoms with Crippen molar-refractivity contribution >= 4 is 23.2 Å². The van der Waals surface area contributed by atoms with E-state index in [9.17, 15) is 0 Å². The molecule has 1 fully saturated rings. The summed E-state index contributed by atoms with van der Waals surface area (Å²) < 4.78 is 0. The highest BCUT2D eigenvalue weighted by Gasteiger charge is 2.45. The van der Waals surface area contributed by atoms with Crippen molar-refractivity contribution in [3.63, 3.8) is 0 Å². The molecule has 0 radical (unpaired) electrons. The largest absolute Gasteiger partial charge is 0.316 e. The van der Waals surface area contributed by atoms with E-state index in [-0.39, 0.29) is 5.41 Å². The lowest BCUT2D eigenvalue weighted by Crippen LogP contribution is -2.48. The molecule has 0 heterocycles. The average Bonchev–Trinajstić information content (AvgIpc) is 2.29. The van der Waals surface area contributed by atoms with Gasteiger partial charge in [-0.05, 0) is 43.0 Å². The summed E-state index contributed by atoms with van der Waals surface area (Å²) in [6, 6.07) is 5.93. The summed E-state index contributed by atoms with van der Waals surface area (Å²) in [6.45, 7) is 6.43. The van der Waals surface area contributed by atoms with Gasteiger partial charge in [-0.2, -0.15) is 0 Å². The Morgan fingerprint density at radius 3 is 2.56 bits per heavy atom. The SMILES string of the molecule is CCNCC1(c2ccc(Cl)cc2Cl)CC(CC)C1. The minimum Gasteiger partial charge on any atom is -0.316 e. The molecule has 0 aromatic heterocycles. The Morgan fingerprint density at radius 1 is 1.28 bits per heavy atom. The zero-order valence-corrected chi connectivity index (χ0v) is 12.6. The molecule has 0 bridgehead atoms. The van der Waals surface area contributed by atoms with Crippen LogP contribution < -0.4 is 5.32 Å². The quantitative estimate of drug-likeness (QED) is 0.830. The van der Waals surface area contributed by atoms with Crippen molar-refractivity contribution in [2.24, 2.45) is 5.92 Å². The van der Waals surface area contributed by atoms with Crippen LogP contribution in [-0.4, -0.2) is 13.1 Å². The van der Waals surface area contributed by atoms with E-state index in [1.54, 1.807) is 0 Å². The fourth-order valence-electron chi connectivity index (χ4n) is 3.08. The number of rotatable bonds is 5. The predicted octanol–water partition coefficient (Wildman–Crippen LogP) is 4.66. The fourth-order valence-corrected chi connectivity index (χ4v) is 3.69. The summed E-state index contributed by atoms with van der Waals surface area (Å²) in [5, 5.41) is 5.02. The van der Waals surface area contributed by atoms with Gasteiger partial charge in [0.25, 0.3) is 0 Å². The molecule has 1 aromatic carbocycles. The average molecular weight is 286 g/mol. The highest BCUT2D eigenvalue weighted by atomic mass is 35.5. The molecule has 1 aromatic rings. The van der Waals surface area contributed by atoms with E-state index in [4.69, 9.17) is 23.2 Å². The van der Waals surface area contributed by atoms with Crippen LogP contribution in [0.4, 0.5) is 0 Å². The second-order valence-corrected chi connectivity index (χ2v) is 6.21. The highest BCUT2D eigenvalue weighted by molar-refractivity contribution is 6.35. The minimum absolute atomic E-state index is 0.221. The van der Waals surface area contributed by atoms with Crippen LogP contribution in [0.3, 0.4) is 0 Å². The van der Waals surface area contributed by atoms with Crippen molar-refractivity contribution in [2.45, 2.75) is 38.5 Å². The Bertz CT molecular complexity index is 405. The van der Waals surface area contributed by atoms with Crippen LogP contribution >= 0.6 is 23.2 Å². The number of nitrogens with one attached hydrogen (secondary N) is 1. The monoisotopic (exact) mass is 285 g/mol. The third-order valence-electron chi connectivity index (χ3n) is 4.15. The van der Waals surface area contributed by atoms with Crippen molar-refractivity contribution in [1.29, 1.82) is 0 Å². The second kappa shape index (κ2) is 5.81. The first-order valence-corrected chi connectivity index (χ1v) is 7.53. The van der Waals surface area contributed by atoms with Crippen LogP contribution in [0.2, 0.25) is 10.0 Å². The van der Waals surface area contributed by atoms with E-state index >= 15 is 0 Å². The van der Waals surface area contributed by atoms with Crippen molar-refractivity contribution in [2.75, 3.05) is 13.1 Å². The second-order valence-electron chi connectivity index (χ2n) is 5.37. The summed E-state index contributed by atoms with van der Waals surface area (Å²) >= 11 is 12.4. The van der Waals surface area contributed by atoms with E-state index in [1.807, 2.05) is 12.1 Å². The highest BCUT2D eigenvalue weighted by Crippen LogP contribution is 2.50. The molecule has 0 saturated heterocycles. The van der Waals surface area contributed by atoms with Gasteiger partial charge in [-0.1, -0.05) is 49.5 Å². The molecule has 0 aliphatic heterocycles. The van der Waals surface area contributed by atoms with Gasteiger partial charge in [0, 0.05) is 22.0 Å². The maximum atomic E-state index is 6.38. The molecule has 0 unspecified atom stereocenters. The number of likely N-dealkylation sites (N-methyl/N-ethyl adjacent to an activating group) is 1. The molecule has 1 aliphatic rings. The lowest BCUT2D eigenvalue weighted by molar-refractivity contribution is 0.134. The molecule has 0 spiro atoms. The molecule has 2 rings (SSSR count). The van der Waals surface area contributed by atoms with Crippen LogP contribution in [0.15, 0.2) is 18.2 Å². The van der Waals surface area contributed by atoms with Crippen molar-refractivity contribution in [3.05, 3.63) is 33.8 Å². The standard InChI is InChI=1S/C15H21Cl2N/c1-3-11-8-15(9-11,10-18-4-2)13-6-5-12(16)7-14(13)17/h5-7,11,18H,3-4,8-10H2,1-2H3. The Balaban J connectivity index is 2.24. The summed E-state index contributed by atoms with van der Waals surface area (Å²) in [5.41, 5.74) is 1.48. The smallest absolute Gasteiger partial charge is 0.0458 e. The van der Waals surface area contributed by atoms with Gasteiger partial charge in [0.1, 0.15) is 0 Å². The molecular weight excluding hydrogens is 265 g/mol. The molecule has 0 amide bonds. The van der Waals surface area contributed by atoms with E-state index in [1.165, 1.54) is 24.8 Å². The zero-order chi connectivity index (χ0) is 13.2. The van der Waals surface area contributed by atoms with Crippen molar-refractivity contribution < 1.29 is 0 Å². The van der Waals surface area contributed by atoms with Crippen LogP contribution in [0.5, 0.6) is 0 Å². The first-order valence-electron chi connectivity index (χ1n) is 6.77.